The van der Waals surface area contributed by atoms with Crippen LogP contribution in [0.25, 0.3) is 0 Å². The van der Waals surface area contributed by atoms with Gasteiger partial charge < -0.3 is 9.47 Å². The third kappa shape index (κ3) is 7.57. The Bertz CT molecular complexity index is 1510. The van der Waals surface area contributed by atoms with E-state index >= 15 is 0 Å². The average molecular weight is 633 g/mol. The van der Waals surface area contributed by atoms with E-state index in [1.807, 2.05) is 0 Å². The first-order chi connectivity index (χ1) is 22.3. The van der Waals surface area contributed by atoms with E-state index in [0.717, 1.165) is 34.8 Å². The summed E-state index contributed by atoms with van der Waals surface area (Å²) in [6.07, 6.45) is 21.1. The third-order valence-corrected chi connectivity index (χ3v) is 8.10. The summed E-state index contributed by atoms with van der Waals surface area (Å²) in [4.78, 5) is 88.6. The Hall–Kier alpha value is -5.54. The predicted octanol–water partition coefficient (Wildman–Crippen LogP) is 3.48. The van der Waals surface area contributed by atoms with Crippen LogP contribution in [0.2, 0.25) is 0 Å². The lowest BCUT2D eigenvalue weighted by Crippen LogP contribution is -2.37. The molecule has 2 aliphatic rings. The summed E-state index contributed by atoms with van der Waals surface area (Å²) in [5.74, 6) is -3.96. The van der Waals surface area contributed by atoms with Crippen LogP contribution in [0.4, 0.5) is 9.59 Å². The van der Waals surface area contributed by atoms with Crippen molar-refractivity contribution in [2.45, 2.75) is 51.4 Å². The van der Waals surface area contributed by atoms with Crippen LogP contribution in [0, 0.1) is 23.7 Å². The van der Waals surface area contributed by atoms with E-state index in [0.29, 0.717) is 25.7 Å². The van der Waals surface area contributed by atoms with Gasteiger partial charge in [0.2, 0.25) is 11.8 Å². The molecule has 0 bridgehead atoms. The van der Waals surface area contributed by atoms with Gasteiger partial charge in [0.05, 0.1) is 23.7 Å². The van der Waals surface area contributed by atoms with E-state index in [-0.39, 0.29) is 23.7 Å². The van der Waals surface area contributed by atoms with Gasteiger partial charge in [-0.2, -0.15) is 0 Å². The van der Waals surface area contributed by atoms with Crippen LogP contribution in [-0.4, -0.2) is 74.1 Å². The molecule has 2 aliphatic carbocycles. The number of rotatable bonds is 4. The number of hydrogen-bond donors (Lipinski definition) is 0. The Labute approximate surface area is 262 Å². The molecule has 2 fully saturated rings. The standard InChI is InChI=1S/C16H16N4O6.C14H16N4O2/c21-13(25-15(23)19-7-5-17-9-19)11-3-1-2-4-12(11)14(22)26-16(24)20-8-6-18-10-20;19-13(17-7-5-15-9-17)11-3-1-2-4-12(11)14(20)18-8-6-16-10-18/h5-12H,1-4H2;5-12H,1-4H2. The van der Waals surface area contributed by atoms with Crippen LogP contribution in [0.15, 0.2) is 74.9 Å². The van der Waals surface area contributed by atoms with Crippen LogP contribution < -0.4 is 0 Å². The van der Waals surface area contributed by atoms with E-state index < -0.39 is 36.0 Å². The van der Waals surface area contributed by atoms with Crippen molar-refractivity contribution in [1.82, 2.24) is 38.2 Å². The molecule has 2 saturated carbocycles. The Morgan fingerprint density at radius 2 is 0.761 bits per heavy atom. The molecule has 16 heteroatoms. The zero-order chi connectivity index (χ0) is 32.5. The molecule has 4 unspecified atom stereocenters. The lowest BCUT2D eigenvalue weighted by Gasteiger charge is -2.29. The fraction of sp³-hybridized carbons (Fsp3) is 0.400. The molecule has 0 aliphatic heterocycles. The molecule has 16 nitrogen and oxygen atoms in total. The second-order valence-corrected chi connectivity index (χ2v) is 10.9. The van der Waals surface area contributed by atoms with E-state index in [1.54, 1.807) is 24.8 Å². The Balaban J connectivity index is 0.000000187. The molecule has 4 heterocycles. The maximum atomic E-state index is 12.5. The van der Waals surface area contributed by atoms with Crippen LogP contribution in [0.1, 0.15) is 61.0 Å². The van der Waals surface area contributed by atoms with Gasteiger partial charge in [0.25, 0.3) is 0 Å². The smallest absolute Gasteiger partial charge is 0.375 e. The van der Waals surface area contributed by atoms with Crippen molar-refractivity contribution in [2.24, 2.45) is 23.7 Å². The summed E-state index contributed by atoms with van der Waals surface area (Å²) in [6.45, 7) is 0. The molecule has 0 amide bonds. The molecule has 0 saturated heterocycles. The molecule has 46 heavy (non-hydrogen) atoms. The highest BCUT2D eigenvalue weighted by atomic mass is 16.6. The minimum absolute atomic E-state index is 0.0411. The summed E-state index contributed by atoms with van der Waals surface area (Å²) in [5, 5.41) is 0. The molecule has 0 aromatic carbocycles. The number of carbonyl (C=O) groups excluding carboxylic acids is 6. The number of aromatic nitrogens is 8. The Morgan fingerprint density at radius 1 is 0.457 bits per heavy atom. The Morgan fingerprint density at radius 3 is 1.07 bits per heavy atom. The normalized spacial score (nSPS) is 20.9. The van der Waals surface area contributed by atoms with Gasteiger partial charge >= 0.3 is 24.1 Å². The van der Waals surface area contributed by atoms with Crippen molar-refractivity contribution >= 4 is 35.9 Å². The first-order valence-electron chi connectivity index (χ1n) is 14.9. The van der Waals surface area contributed by atoms with Gasteiger partial charge in [-0.25, -0.2) is 38.7 Å². The van der Waals surface area contributed by atoms with Crippen molar-refractivity contribution in [3.05, 3.63) is 74.9 Å². The topological polar surface area (TPSA) is 192 Å². The highest BCUT2D eigenvalue weighted by molar-refractivity contribution is 5.93. The molecular formula is C30H32N8O8. The average Bonchev–Trinajstić information content (AvgIpc) is 3.91. The summed E-state index contributed by atoms with van der Waals surface area (Å²) >= 11 is 0. The summed E-state index contributed by atoms with van der Waals surface area (Å²) < 4.78 is 14.6. The lowest BCUT2D eigenvalue weighted by atomic mass is 9.78. The number of imidazole rings is 4. The fourth-order valence-electron chi connectivity index (χ4n) is 5.74. The second kappa shape index (κ2) is 15.0. The molecule has 4 atom stereocenters. The number of hydrogen-bond acceptors (Lipinski definition) is 12. The number of nitrogens with zero attached hydrogens (tertiary/aromatic N) is 8. The fourth-order valence-corrected chi connectivity index (χ4v) is 5.74. The van der Waals surface area contributed by atoms with Gasteiger partial charge in [-0.15, -0.1) is 0 Å². The summed E-state index contributed by atoms with van der Waals surface area (Å²) in [5.41, 5.74) is 0. The van der Waals surface area contributed by atoms with Crippen LogP contribution in [0.5, 0.6) is 0 Å². The van der Waals surface area contributed by atoms with Crippen molar-refractivity contribution in [3.63, 3.8) is 0 Å². The first-order valence-corrected chi connectivity index (χ1v) is 14.9. The molecule has 0 radical (unpaired) electrons. The minimum Gasteiger partial charge on any atom is -0.375 e. The molecule has 4 aromatic rings. The maximum Gasteiger partial charge on any atom is 0.427 e. The van der Waals surface area contributed by atoms with Crippen LogP contribution >= 0.6 is 0 Å². The molecule has 0 N–H and O–H groups in total. The molecule has 240 valence electrons. The van der Waals surface area contributed by atoms with Gasteiger partial charge in [0, 0.05) is 49.6 Å². The van der Waals surface area contributed by atoms with Gasteiger partial charge in [0.15, 0.2) is 0 Å². The maximum absolute atomic E-state index is 12.5. The predicted molar refractivity (Wildman–Crippen MR) is 155 cm³/mol. The quantitative estimate of drug-likeness (QED) is 0.235. The van der Waals surface area contributed by atoms with E-state index in [1.165, 1.54) is 59.2 Å². The van der Waals surface area contributed by atoms with Gasteiger partial charge in [-0.3, -0.25) is 28.3 Å². The minimum atomic E-state index is -0.903. The van der Waals surface area contributed by atoms with Crippen LogP contribution in [0.3, 0.4) is 0 Å². The van der Waals surface area contributed by atoms with Crippen molar-refractivity contribution < 1.29 is 38.2 Å². The molecular weight excluding hydrogens is 600 g/mol. The monoisotopic (exact) mass is 632 g/mol. The van der Waals surface area contributed by atoms with E-state index in [9.17, 15) is 28.8 Å². The molecule has 6 rings (SSSR count). The number of carbonyl (C=O) groups is 6. The first kappa shape index (κ1) is 31.9. The highest BCUT2D eigenvalue weighted by Crippen LogP contribution is 2.33. The second-order valence-electron chi connectivity index (χ2n) is 10.9. The van der Waals surface area contributed by atoms with E-state index in [2.05, 4.69) is 19.9 Å². The highest BCUT2D eigenvalue weighted by Gasteiger charge is 2.40. The Kier molecular flexibility index (Phi) is 10.4. The zero-order valence-corrected chi connectivity index (χ0v) is 24.7. The molecule has 0 spiro atoms. The van der Waals surface area contributed by atoms with Gasteiger partial charge in [-0.1, -0.05) is 25.7 Å². The van der Waals surface area contributed by atoms with Crippen LogP contribution in [-0.2, 0) is 19.1 Å². The van der Waals surface area contributed by atoms with Crippen molar-refractivity contribution in [1.29, 1.82) is 0 Å². The van der Waals surface area contributed by atoms with Crippen molar-refractivity contribution in [2.75, 3.05) is 0 Å². The molecule has 4 aromatic heterocycles. The number of esters is 2. The van der Waals surface area contributed by atoms with Crippen molar-refractivity contribution in [3.8, 4) is 0 Å². The number of ether oxygens (including phenoxy) is 2. The zero-order valence-electron chi connectivity index (χ0n) is 24.7. The largest absolute Gasteiger partial charge is 0.427 e. The summed E-state index contributed by atoms with van der Waals surface area (Å²) in [7, 11) is 0. The van der Waals surface area contributed by atoms with Gasteiger partial charge in [0.1, 0.15) is 25.3 Å². The van der Waals surface area contributed by atoms with Gasteiger partial charge in [-0.05, 0) is 25.7 Å². The van der Waals surface area contributed by atoms with E-state index in [4.69, 9.17) is 9.47 Å². The summed E-state index contributed by atoms with van der Waals surface area (Å²) in [6, 6.07) is 0. The third-order valence-electron chi connectivity index (χ3n) is 8.10. The SMILES string of the molecule is O=C(C1CCCCC1C(=O)n1ccnc1)n1ccnc1.O=C(OC(=O)n1ccnc1)C1CCCCC1C(=O)OC(=O)n1ccnc1. The lowest BCUT2D eigenvalue weighted by molar-refractivity contribution is -0.155.